The van der Waals surface area contributed by atoms with Crippen molar-refractivity contribution in [3.05, 3.63) is 102 Å². The van der Waals surface area contributed by atoms with Gasteiger partial charge in [0.05, 0.1) is 23.2 Å². The van der Waals surface area contributed by atoms with Crippen LogP contribution in [-0.4, -0.2) is 56.0 Å². The van der Waals surface area contributed by atoms with E-state index in [0.29, 0.717) is 16.9 Å². The smallest absolute Gasteiger partial charge is 0.219 e. The molecule has 6 nitrogen and oxygen atoms in total. The molecule has 0 aromatic heterocycles. The highest BCUT2D eigenvalue weighted by Crippen LogP contribution is 2.40. The van der Waals surface area contributed by atoms with Gasteiger partial charge in [-0.3, -0.25) is 9.59 Å². The van der Waals surface area contributed by atoms with Crippen molar-refractivity contribution in [1.82, 2.24) is 0 Å². The van der Waals surface area contributed by atoms with Gasteiger partial charge in [-0.1, -0.05) is 102 Å². The van der Waals surface area contributed by atoms with Crippen molar-refractivity contribution in [3.8, 4) is 5.75 Å². The molecule has 0 unspecified atom stereocenters. The number of thioether (sulfide) groups is 2. The molecule has 1 aliphatic heterocycles. The maximum absolute atomic E-state index is 13.1. The van der Waals surface area contributed by atoms with Crippen molar-refractivity contribution >= 4 is 33.8 Å². The van der Waals surface area contributed by atoms with Crippen molar-refractivity contribution in [2.75, 3.05) is 6.61 Å². The second-order valence-electron chi connectivity index (χ2n) is 8.12. The first-order valence-corrected chi connectivity index (χ1v) is 12.9. The lowest BCUT2D eigenvalue weighted by atomic mass is 10.0. The molecule has 0 radical (unpaired) electrons. The molecule has 1 saturated heterocycles. The Kier molecular flexibility index (Phi) is 8.64. The predicted molar refractivity (Wildman–Crippen MR) is 138 cm³/mol. The lowest BCUT2D eigenvalue weighted by Crippen LogP contribution is -2.58. The van der Waals surface area contributed by atoms with E-state index in [4.69, 9.17) is 9.47 Å². The molecular formula is C27H26O6S2. The van der Waals surface area contributed by atoms with Crippen LogP contribution in [0, 0.1) is 6.92 Å². The summed E-state index contributed by atoms with van der Waals surface area (Å²) in [6, 6.07) is 24.9. The highest BCUT2D eigenvalue weighted by atomic mass is 32.2. The zero-order chi connectivity index (χ0) is 24.8. The summed E-state index contributed by atoms with van der Waals surface area (Å²) in [5.41, 5.74) is 2.02. The van der Waals surface area contributed by atoms with Crippen molar-refractivity contribution in [2.24, 2.45) is 0 Å². The molecule has 35 heavy (non-hydrogen) atoms. The van der Waals surface area contributed by atoms with E-state index < -0.39 is 35.6 Å². The van der Waals surface area contributed by atoms with Crippen LogP contribution in [0.2, 0.25) is 0 Å². The van der Waals surface area contributed by atoms with Gasteiger partial charge in [-0.2, -0.15) is 0 Å². The molecule has 0 aliphatic carbocycles. The molecule has 5 atom stereocenters. The fourth-order valence-electron chi connectivity index (χ4n) is 3.68. The minimum atomic E-state index is -1.20. The molecule has 0 saturated carbocycles. The predicted octanol–water partition coefficient (Wildman–Crippen LogP) is 4.34. The van der Waals surface area contributed by atoms with Gasteiger partial charge in [0, 0.05) is 11.1 Å². The quantitative estimate of drug-likeness (QED) is 0.485. The Labute approximate surface area is 212 Å². The van der Waals surface area contributed by atoms with Crippen LogP contribution in [-0.2, 0) is 4.74 Å². The Morgan fingerprint density at radius 3 is 1.86 bits per heavy atom. The number of benzene rings is 3. The molecule has 0 bridgehead atoms. The minimum absolute atomic E-state index is 0.232. The highest BCUT2D eigenvalue weighted by molar-refractivity contribution is 8.18. The van der Waals surface area contributed by atoms with Crippen LogP contribution in [0.25, 0.3) is 0 Å². The number of carbonyl (C=O) groups is 2. The lowest BCUT2D eigenvalue weighted by molar-refractivity contribution is -0.189. The van der Waals surface area contributed by atoms with Gasteiger partial charge in [0.1, 0.15) is 11.9 Å². The summed E-state index contributed by atoms with van der Waals surface area (Å²) in [4.78, 5) is 26.2. The number of hydrogen-bond donors (Lipinski definition) is 2. The van der Waals surface area contributed by atoms with E-state index in [-0.39, 0.29) is 10.2 Å². The average molecular weight is 511 g/mol. The summed E-state index contributed by atoms with van der Waals surface area (Å²) < 4.78 is 12.0. The molecule has 0 amide bonds. The zero-order valence-electron chi connectivity index (χ0n) is 19.0. The van der Waals surface area contributed by atoms with Gasteiger partial charge in [0.15, 0.2) is 0 Å². The van der Waals surface area contributed by atoms with Crippen LogP contribution < -0.4 is 4.74 Å². The molecule has 4 rings (SSSR count). The molecule has 1 aliphatic rings. The van der Waals surface area contributed by atoms with Crippen LogP contribution in [0.5, 0.6) is 5.75 Å². The number of aryl methyl sites for hydroxylation is 1. The van der Waals surface area contributed by atoms with E-state index in [1.807, 2.05) is 31.2 Å². The van der Waals surface area contributed by atoms with Crippen molar-refractivity contribution in [2.45, 2.75) is 35.9 Å². The van der Waals surface area contributed by atoms with Gasteiger partial charge >= 0.3 is 0 Å². The molecule has 3 aromatic carbocycles. The number of aliphatic hydroxyl groups is 2. The van der Waals surface area contributed by atoms with Gasteiger partial charge in [0.25, 0.3) is 0 Å². The van der Waals surface area contributed by atoms with E-state index in [0.717, 1.165) is 29.1 Å². The maximum Gasteiger partial charge on any atom is 0.219 e. The van der Waals surface area contributed by atoms with Gasteiger partial charge in [0.2, 0.25) is 16.5 Å². The fraction of sp³-hybridized carbons (Fsp3) is 0.259. The van der Waals surface area contributed by atoms with Crippen LogP contribution in [0.3, 0.4) is 0 Å². The first-order valence-electron chi connectivity index (χ1n) is 11.2. The lowest BCUT2D eigenvalue weighted by Gasteiger charge is -2.43. The van der Waals surface area contributed by atoms with Gasteiger partial charge in [-0.15, -0.1) is 0 Å². The second-order valence-corrected chi connectivity index (χ2v) is 10.4. The standard InChI is InChI=1S/C27H26O6S2/c1-17-12-14-20(15-13-17)32-27-24(35-26(31)19-10-6-3-7-11-19)23(22(29)21(16-28)33-27)34-25(30)18-8-4-2-5-9-18/h2-15,21-24,27-29H,16H2,1H3/t21-,22+,23-,24+,27+/m1/s1. The Hall–Kier alpha value is -2.62. The first-order chi connectivity index (χ1) is 17.0. The zero-order valence-corrected chi connectivity index (χ0v) is 20.7. The molecule has 3 aromatic rings. The monoisotopic (exact) mass is 510 g/mol. The third kappa shape index (κ3) is 6.34. The molecular weight excluding hydrogens is 484 g/mol. The number of rotatable bonds is 7. The van der Waals surface area contributed by atoms with E-state index in [2.05, 4.69) is 0 Å². The molecule has 8 heteroatoms. The van der Waals surface area contributed by atoms with Crippen molar-refractivity contribution in [3.63, 3.8) is 0 Å². The van der Waals surface area contributed by atoms with Crippen molar-refractivity contribution < 1.29 is 29.3 Å². The number of carbonyl (C=O) groups excluding carboxylic acids is 2. The number of aliphatic hydroxyl groups excluding tert-OH is 2. The number of ether oxygens (including phenoxy) is 2. The number of hydrogen-bond acceptors (Lipinski definition) is 8. The Morgan fingerprint density at radius 1 is 0.829 bits per heavy atom. The Balaban J connectivity index is 1.66. The van der Waals surface area contributed by atoms with Gasteiger partial charge in [-0.05, 0) is 19.1 Å². The summed E-state index contributed by atoms with van der Waals surface area (Å²) in [7, 11) is 0. The normalized spacial score (nSPS) is 24.0. The fourth-order valence-corrected chi connectivity index (χ4v) is 6.15. The third-order valence-corrected chi connectivity index (χ3v) is 8.28. The van der Waals surface area contributed by atoms with E-state index in [1.165, 1.54) is 0 Å². The molecule has 2 N–H and O–H groups in total. The second kappa shape index (κ2) is 11.9. The largest absolute Gasteiger partial charge is 0.464 e. The van der Waals surface area contributed by atoms with Crippen LogP contribution in [0.1, 0.15) is 26.3 Å². The molecule has 1 heterocycles. The highest BCUT2D eigenvalue weighted by Gasteiger charge is 2.49. The summed E-state index contributed by atoms with van der Waals surface area (Å²) >= 11 is 1.89. The van der Waals surface area contributed by atoms with Crippen LogP contribution in [0.15, 0.2) is 84.9 Å². The third-order valence-electron chi connectivity index (χ3n) is 5.58. The Morgan fingerprint density at radius 2 is 1.34 bits per heavy atom. The Bertz CT molecular complexity index is 1120. The maximum atomic E-state index is 13.1. The van der Waals surface area contributed by atoms with E-state index in [9.17, 15) is 19.8 Å². The molecule has 0 spiro atoms. The van der Waals surface area contributed by atoms with Gasteiger partial charge in [-0.25, -0.2) is 0 Å². The summed E-state index contributed by atoms with van der Waals surface area (Å²) in [5, 5.41) is 19.0. The SMILES string of the molecule is Cc1ccc(O[C@H]2O[C@H](CO)[C@H](O)[C@@H](SC(=O)c3ccccc3)[C@@H]2SC(=O)c2ccccc2)cc1. The van der Waals surface area contributed by atoms with E-state index in [1.54, 1.807) is 60.7 Å². The van der Waals surface area contributed by atoms with Crippen LogP contribution in [0.4, 0.5) is 0 Å². The van der Waals surface area contributed by atoms with Crippen molar-refractivity contribution in [1.29, 1.82) is 0 Å². The average Bonchev–Trinajstić information content (AvgIpc) is 2.89. The van der Waals surface area contributed by atoms with E-state index >= 15 is 0 Å². The molecule has 1 fully saturated rings. The minimum Gasteiger partial charge on any atom is -0.464 e. The summed E-state index contributed by atoms with van der Waals surface area (Å²) in [6.45, 7) is 1.49. The van der Waals surface area contributed by atoms with Crippen LogP contribution >= 0.6 is 23.5 Å². The molecule has 182 valence electrons. The summed E-state index contributed by atoms with van der Waals surface area (Å²) in [5.74, 6) is 0.518. The topological polar surface area (TPSA) is 93.1 Å². The van der Waals surface area contributed by atoms with Gasteiger partial charge < -0.3 is 19.7 Å². The first kappa shape index (κ1) is 25.5. The summed E-state index contributed by atoms with van der Waals surface area (Å²) in [6.07, 6.45) is -3.16.